The molecular formula is C15H23N3O2. The summed E-state index contributed by atoms with van der Waals surface area (Å²) in [6.45, 7) is 3.99. The third kappa shape index (κ3) is 5.73. The van der Waals surface area contributed by atoms with Gasteiger partial charge in [-0.2, -0.15) is 0 Å². The normalized spacial score (nSPS) is 13.0. The van der Waals surface area contributed by atoms with E-state index in [2.05, 4.69) is 16.5 Å². The number of hydrogen-bond donors (Lipinski definition) is 3. The standard InChI is InChI=1S/C15H23N3O2/c1-3-13(10-14(16)18-20)17-15(19)8-7-12-6-4-5-11(2)9-12/h4-6,9,13,20H,3,7-8,10H2,1-2H3,(H2,16,18)(H,17,19). The fourth-order valence-corrected chi connectivity index (χ4v) is 2.02. The van der Waals surface area contributed by atoms with Crippen molar-refractivity contribution in [2.24, 2.45) is 10.9 Å². The van der Waals surface area contributed by atoms with E-state index in [4.69, 9.17) is 10.9 Å². The quantitative estimate of drug-likeness (QED) is 0.308. The molecule has 0 spiro atoms. The summed E-state index contributed by atoms with van der Waals surface area (Å²) >= 11 is 0. The Morgan fingerprint density at radius 2 is 2.25 bits per heavy atom. The second-order valence-corrected chi connectivity index (χ2v) is 4.96. The summed E-state index contributed by atoms with van der Waals surface area (Å²) in [7, 11) is 0. The number of amides is 1. The third-order valence-corrected chi connectivity index (χ3v) is 3.17. The lowest BCUT2D eigenvalue weighted by Crippen LogP contribution is -2.37. The van der Waals surface area contributed by atoms with Crippen molar-refractivity contribution in [2.75, 3.05) is 0 Å². The summed E-state index contributed by atoms with van der Waals surface area (Å²) in [6.07, 6.45) is 2.26. The highest BCUT2D eigenvalue weighted by atomic mass is 16.4. The number of carbonyl (C=O) groups excluding carboxylic acids is 1. The molecule has 5 nitrogen and oxygen atoms in total. The van der Waals surface area contributed by atoms with Gasteiger partial charge in [-0.05, 0) is 25.3 Å². The average molecular weight is 277 g/mol. The highest BCUT2D eigenvalue weighted by molar-refractivity contribution is 5.82. The molecule has 4 N–H and O–H groups in total. The maximum absolute atomic E-state index is 11.9. The zero-order valence-electron chi connectivity index (χ0n) is 12.1. The number of carbonyl (C=O) groups is 1. The van der Waals surface area contributed by atoms with Crippen molar-refractivity contribution in [3.05, 3.63) is 35.4 Å². The van der Waals surface area contributed by atoms with E-state index in [9.17, 15) is 4.79 Å². The molecule has 1 unspecified atom stereocenters. The summed E-state index contributed by atoms with van der Waals surface area (Å²) in [5.74, 6) is 0.125. The second kappa shape index (κ2) is 8.19. The van der Waals surface area contributed by atoms with Gasteiger partial charge in [-0.3, -0.25) is 4.79 Å². The minimum atomic E-state index is -0.0871. The van der Waals surface area contributed by atoms with Crippen LogP contribution in [0.25, 0.3) is 0 Å². The zero-order chi connectivity index (χ0) is 15.0. The topological polar surface area (TPSA) is 87.7 Å². The van der Waals surface area contributed by atoms with Crippen LogP contribution in [0.1, 0.15) is 37.3 Å². The number of benzene rings is 1. The van der Waals surface area contributed by atoms with Crippen LogP contribution in [0.2, 0.25) is 0 Å². The minimum absolute atomic E-state index is 0.0101. The van der Waals surface area contributed by atoms with Gasteiger partial charge in [0.1, 0.15) is 5.84 Å². The molecule has 0 bridgehead atoms. The molecule has 1 aromatic carbocycles. The molecule has 0 heterocycles. The predicted octanol–water partition coefficient (Wildman–Crippen LogP) is 1.96. The molecule has 20 heavy (non-hydrogen) atoms. The van der Waals surface area contributed by atoms with Crippen LogP contribution >= 0.6 is 0 Å². The van der Waals surface area contributed by atoms with E-state index in [-0.39, 0.29) is 17.8 Å². The van der Waals surface area contributed by atoms with Crippen LogP contribution in [0.3, 0.4) is 0 Å². The summed E-state index contributed by atoms with van der Waals surface area (Å²) in [4.78, 5) is 11.9. The number of aryl methyl sites for hydroxylation is 2. The van der Waals surface area contributed by atoms with Gasteiger partial charge in [-0.25, -0.2) is 0 Å². The van der Waals surface area contributed by atoms with Crippen LogP contribution in [0, 0.1) is 6.92 Å². The van der Waals surface area contributed by atoms with Gasteiger partial charge in [0.15, 0.2) is 0 Å². The van der Waals surface area contributed by atoms with Gasteiger partial charge >= 0.3 is 0 Å². The Morgan fingerprint density at radius 3 is 2.85 bits per heavy atom. The molecule has 1 aromatic rings. The van der Waals surface area contributed by atoms with E-state index in [0.717, 1.165) is 12.0 Å². The number of oxime groups is 1. The zero-order valence-corrected chi connectivity index (χ0v) is 12.1. The van der Waals surface area contributed by atoms with Gasteiger partial charge in [0.05, 0.1) is 0 Å². The van der Waals surface area contributed by atoms with Gasteiger partial charge in [0.2, 0.25) is 5.91 Å². The smallest absolute Gasteiger partial charge is 0.220 e. The molecule has 110 valence electrons. The number of nitrogens with one attached hydrogen (secondary N) is 1. The summed E-state index contributed by atoms with van der Waals surface area (Å²) < 4.78 is 0. The first-order valence-electron chi connectivity index (χ1n) is 6.86. The molecular weight excluding hydrogens is 254 g/mol. The fraction of sp³-hybridized carbons (Fsp3) is 0.467. The lowest BCUT2D eigenvalue weighted by atomic mass is 10.1. The van der Waals surface area contributed by atoms with Crippen molar-refractivity contribution < 1.29 is 10.0 Å². The van der Waals surface area contributed by atoms with Crippen LogP contribution in [0.15, 0.2) is 29.4 Å². The number of hydrogen-bond acceptors (Lipinski definition) is 3. The summed E-state index contributed by atoms with van der Waals surface area (Å²) in [5, 5.41) is 14.4. The number of amidine groups is 1. The summed E-state index contributed by atoms with van der Waals surface area (Å²) in [6, 6.07) is 8.05. The van der Waals surface area contributed by atoms with Gasteiger partial charge in [0, 0.05) is 18.9 Å². The SMILES string of the molecule is CCC(CC(N)=NO)NC(=O)CCc1cccc(C)c1. The van der Waals surface area contributed by atoms with Crippen LogP contribution in [-0.4, -0.2) is 23.0 Å². The Kier molecular flexibility index (Phi) is 6.56. The molecule has 0 aliphatic rings. The molecule has 0 radical (unpaired) electrons. The lowest BCUT2D eigenvalue weighted by Gasteiger charge is -2.16. The second-order valence-electron chi connectivity index (χ2n) is 4.96. The van der Waals surface area contributed by atoms with E-state index >= 15 is 0 Å². The molecule has 0 aliphatic heterocycles. The van der Waals surface area contributed by atoms with Gasteiger partial charge < -0.3 is 16.3 Å². The molecule has 1 amide bonds. The first kappa shape index (κ1) is 16.0. The Bertz CT molecular complexity index is 472. The van der Waals surface area contributed by atoms with Crippen molar-refractivity contribution in [1.82, 2.24) is 5.32 Å². The molecule has 0 saturated heterocycles. The summed E-state index contributed by atoms with van der Waals surface area (Å²) in [5.41, 5.74) is 7.81. The maximum Gasteiger partial charge on any atom is 0.220 e. The Labute approximate surface area is 119 Å². The van der Waals surface area contributed by atoms with E-state index in [0.29, 0.717) is 19.3 Å². The van der Waals surface area contributed by atoms with Gasteiger partial charge in [-0.1, -0.05) is 41.9 Å². The lowest BCUT2D eigenvalue weighted by molar-refractivity contribution is -0.121. The van der Waals surface area contributed by atoms with Gasteiger partial charge in [0.25, 0.3) is 0 Å². The molecule has 0 aromatic heterocycles. The van der Waals surface area contributed by atoms with Crippen LogP contribution < -0.4 is 11.1 Å². The molecule has 1 rings (SSSR count). The van der Waals surface area contributed by atoms with Crippen LogP contribution in [0.5, 0.6) is 0 Å². The predicted molar refractivity (Wildman–Crippen MR) is 79.7 cm³/mol. The molecule has 5 heteroatoms. The molecule has 0 aliphatic carbocycles. The maximum atomic E-state index is 11.9. The third-order valence-electron chi connectivity index (χ3n) is 3.17. The Balaban J connectivity index is 2.42. The van der Waals surface area contributed by atoms with Crippen molar-refractivity contribution in [3.63, 3.8) is 0 Å². The van der Waals surface area contributed by atoms with Crippen LogP contribution in [0.4, 0.5) is 0 Å². The monoisotopic (exact) mass is 277 g/mol. The largest absolute Gasteiger partial charge is 0.409 e. The van der Waals surface area contributed by atoms with Crippen molar-refractivity contribution in [3.8, 4) is 0 Å². The van der Waals surface area contributed by atoms with E-state index in [1.807, 2.05) is 32.0 Å². The Morgan fingerprint density at radius 1 is 1.50 bits per heavy atom. The first-order chi connectivity index (χ1) is 9.55. The van der Waals surface area contributed by atoms with Crippen molar-refractivity contribution in [1.29, 1.82) is 0 Å². The Hall–Kier alpha value is -2.04. The molecule has 1 atom stereocenters. The minimum Gasteiger partial charge on any atom is -0.409 e. The number of rotatable bonds is 7. The van der Waals surface area contributed by atoms with Crippen molar-refractivity contribution in [2.45, 2.75) is 45.6 Å². The molecule has 0 fully saturated rings. The van der Waals surface area contributed by atoms with Crippen molar-refractivity contribution >= 4 is 11.7 Å². The van der Waals surface area contributed by atoms with Crippen LogP contribution in [-0.2, 0) is 11.2 Å². The van der Waals surface area contributed by atoms with E-state index < -0.39 is 0 Å². The average Bonchev–Trinajstić information content (AvgIpc) is 2.44. The van der Waals surface area contributed by atoms with E-state index in [1.165, 1.54) is 5.56 Å². The van der Waals surface area contributed by atoms with E-state index in [1.54, 1.807) is 0 Å². The first-order valence-corrected chi connectivity index (χ1v) is 6.86. The number of nitrogens with zero attached hydrogens (tertiary/aromatic N) is 1. The number of nitrogens with two attached hydrogens (primary N) is 1. The fourth-order valence-electron chi connectivity index (χ4n) is 2.02. The highest BCUT2D eigenvalue weighted by Crippen LogP contribution is 2.07. The molecule has 0 saturated carbocycles. The van der Waals surface area contributed by atoms with Gasteiger partial charge in [-0.15, -0.1) is 0 Å². The highest BCUT2D eigenvalue weighted by Gasteiger charge is 2.12.